The van der Waals surface area contributed by atoms with E-state index in [0.29, 0.717) is 0 Å². The Bertz CT molecular complexity index is 944. The average Bonchev–Trinajstić information content (AvgIpc) is 2.59. The molecule has 1 atom stereocenters. The van der Waals surface area contributed by atoms with E-state index in [4.69, 9.17) is 5.73 Å². The van der Waals surface area contributed by atoms with Crippen LogP contribution in [0.3, 0.4) is 0 Å². The Hall–Kier alpha value is -1.83. The zero-order valence-electron chi connectivity index (χ0n) is 14.1. The second-order valence-corrected chi connectivity index (χ2v) is 6.61. The lowest BCUT2D eigenvalue weighted by molar-refractivity contribution is 0.584. The molecule has 124 valence electrons. The fourth-order valence-electron chi connectivity index (χ4n) is 3.85. The molecule has 4 rings (SSSR count). The number of rotatable bonds is 5. The van der Waals surface area contributed by atoms with Gasteiger partial charge in [0, 0.05) is 6.04 Å². The van der Waals surface area contributed by atoms with E-state index in [0.717, 1.165) is 6.42 Å². The maximum absolute atomic E-state index is 6.53. The number of unbranched alkanes of at least 4 members (excludes halogenated alkanes) is 2. The Morgan fingerprint density at radius 1 is 0.792 bits per heavy atom. The summed E-state index contributed by atoms with van der Waals surface area (Å²) >= 11 is 0. The number of halogens is 1. The Morgan fingerprint density at radius 3 is 2.12 bits per heavy atom. The quantitative estimate of drug-likeness (QED) is 0.323. The smallest absolute Gasteiger partial charge is 0.0301 e. The zero-order valence-corrected chi connectivity index (χ0v) is 14.9. The van der Waals surface area contributed by atoms with Gasteiger partial charge in [-0.15, -0.1) is 12.4 Å². The van der Waals surface area contributed by atoms with Crippen LogP contribution in [-0.4, -0.2) is 0 Å². The lowest BCUT2D eigenvalue weighted by atomic mass is 9.89. The van der Waals surface area contributed by atoms with Gasteiger partial charge >= 0.3 is 0 Å². The second-order valence-electron chi connectivity index (χ2n) is 6.61. The normalized spacial score (nSPS) is 12.8. The molecule has 0 fully saturated rings. The van der Waals surface area contributed by atoms with Crippen LogP contribution in [0.1, 0.15) is 44.2 Å². The molecular formula is C22H24ClN. The lowest BCUT2D eigenvalue weighted by Crippen LogP contribution is -2.10. The van der Waals surface area contributed by atoms with Crippen molar-refractivity contribution in [1.29, 1.82) is 0 Å². The van der Waals surface area contributed by atoms with Gasteiger partial charge in [-0.25, -0.2) is 0 Å². The summed E-state index contributed by atoms with van der Waals surface area (Å²) in [5.74, 6) is 0. The molecule has 0 radical (unpaired) electrons. The first-order chi connectivity index (χ1) is 11.3. The van der Waals surface area contributed by atoms with Gasteiger partial charge in [-0.2, -0.15) is 0 Å². The third kappa shape index (κ3) is 2.72. The van der Waals surface area contributed by atoms with E-state index < -0.39 is 0 Å². The second kappa shape index (κ2) is 6.96. The fraction of sp³-hybridized carbons (Fsp3) is 0.273. The van der Waals surface area contributed by atoms with E-state index in [1.54, 1.807) is 0 Å². The molecule has 24 heavy (non-hydrogen) atoms. The molecule has 0 heterocycles. The van der Waals surface area contributed by atoms with Gasteiger partial charge in [0.15, 0.2) is 0 Å². The van der Waals surface area contributed by atoms with E-state index >= 15 is 0 Å². The molecule has 0 aliphatic carbocycles. The molecule has 0 unspecified atom stereocenters. The summed E-state index contributed by atoms with van der Waals surface area (Å²) in [6, 6.07) is 20.1. The van der Waals surface area contributed by atoms with Crippen LogP contribution in [-0.2, 0) is 0 Å². The molecule has 0 amide bonds. The maximum Gasteiger partial charge on any atom is 0.0301 e. The molecule has 0 aromatic heterocycles. The van der Waals surface area contributed by atoms with Gasteiger partial charge in [0.05, 0.1) is 0 Å². The van der Waals surface area contributed by atoms with Crippen LogP contribution in [0.5, 0.6) is 0 Å². The third-order valence-electron chi connectivity index (χ3n) is 5.08. The highest BCUT2D eigenvalue weighted by atomic mass is 35.5. The van der Waals surface area contributed by atoms with Gasteiger partial charge in [-0.1, -0.05) is 80.8 Å². The molecule has 0 bridgehead atoms. The van der Waals surface area contributed by atoms with E-state index in [9.17, 15) is 0 Å². The first-order valence-electron chi connectivity index (χ1n) is 8.71. The van der Waals surface area contributed by atoms with E-state index in [1.807, 2.05) is 0 Å². The SMILES string of the molecule is CCCCC[C@H](N)c1ccc2ccc3cccc4ccc1c2c34.Cl. The highest BCUT2D eigenvalue weighted by Crippen LogP contribution is 2.37. The van der Waals surface area contributed by atoms with Crippen molar-refractivity contribution in [3.8, 4) is 0 Å². The first-order valence-corrected chi connectivity index (χ1v) is 8.71. The van der Waals surface area contributed by atoms with Crippen molar-refractivity contribution in [3.63, 3.8) is 0 Å². The molecule has 4 aromatic rings. The molecule has 4 aromatic carbocycles. The van der Waals surface area contributed by atoms with E-state index in [2.05, 4.69) is 61.5 Å². The highest BCUT2D eigenvalue weighted by molar-refractivity contribution is 6.23. The summed E-state index contributed by atoms with van der Waals surface area (Å²) in [6.45, 7) is 2.24. The van der Waals surface area contributed by atoms with Crippen LogP contribution in [0, 0.1) is 0 Å². The summed E-state index contributed by atoms with van der Waals surface area (Å²) in [4.78, 5) is 0. The Labute approximate surface area is 149 Å². The largest absolute Gasteiger partial charge is 0.324 e. The number of nitrogens with two attached hydrogens (primary N) is 1. The molecule has 0 saturated heterocycles. The molecule has 1 nitrogen and oxygen atoms in total. The van der Waals surface area contributed by atoms with Crippen LogP contribution < -0.4 is 5.73 Å². The van der Waals surface area contributed by atoms with Crippen LogP contribution in [0.15, 0.2) is 54.6 Å². The molecule has 0 saturated carbocycles. The first kappa shape index (κ1) is 17.0. The van der Waals surface area contributed by atoms with Crippen molar-refractivity contribution in [2.45, 2.75) is 38.6 Å². The Morgan fingerprint density at radius 2 is 1.42 bits per heavy atom. The molecule has 0 aliphatic rings. The third-order valence-corrected chi connectivity index (χ3v) is 5.08. The van der Waals surface area contributed by atoms with Crippen LogP contribution in [0.4, 0.5) is 0 Å². The van der Waals surface area contributed by atoms with Crippen molar-refractivity contribution >= 4 is 44.7 Å². The maximum atomic E-state index is 6.53. The molecule has 0 aliphatic heterocycles. The molecule has 0 spiro atoms. The minimum absolute atomic E-state index is 0. The van der Waals surface area contributed by atoms with Crippen LogP contribution >= 0.6 is 12.4 Å². The van der Waals surface area contributed by atoms with Gasteiger partial charge < -0.3 is 5.73 Å². The van der Waals surface area contributed by atoms with Gasteiger partial charge in [0.2, 0.25) is 0 Å². The number of hydrogen-bond donors (Lipinski definition) is 1. The summed E-state index contributed by atoms with van der Waals surface area (Å²) in [5, 5.41) is 8.04. The van der Waals surface area contributed by atoms with E-state index in [-0.39, 0.29) is 18.4 Å². The fourth-order valence-corrected chi connectivity index (χ4v) is 3.85. The minimum atomic E-state index is 0. The number of hydrogen-bond acceptors (Lipinski definition) is 1. The Kier molecular flexibility index (Phi) is 4.93. The van der Waals surface area contributed by atoms with Gasteiger partial charge in [-0.3, -0.25) is 0 Å². The molecular weight excluding hydrogens is 314 g/mol. The topological polar surface area (TPSA) is 26.0 Å². The predicted octanol–water partition coefficient (Wildman–Crippen LogP) is 6.59. The van der Waals surface area contributed by atoms with Crippen molar-refractivity contribution in [2.75, 3.05) is 0 Å². The zero-order chi connectivity index (χ0) is 15.8. The summed E-state index contributed by atoms with van der Waals surface area (Å²) in [6.07, 6.45) is 4.78. The molecule has 2 N–H and O–H groups in total. The summed E-state index contributed by atoms with van der Waals surface area (Å²) < 4.78 is 0. The minimum Gasteiger partial charge on any atom is -0.324 e. The van der Waals surface area contributed by atoms with Crippen LogP contribution in [0.2, 0.25) is 0 Å². The van der Waals surface area contributed by atoms with Gasteiger partial charge in [0.1, 0.15) is 0 Å². The summed E-state index contributed by atoms with van der Waals surface area (Å²) in [5.41, 5.74) is 7.83. The highest BCUT2D eigenvalue weighted by Gasteiger charge is 2.14. The monoisotopic (exact) mass is 337 g/mol. The van der Waals surface area contributed by atoms with Gasteiger partial charge in [-0.05, 0) is 44.3 Å². The van der Waals surface area contributed by atoms with Crippen molar-refractivity contribution < 1.29 is 0 Å². The number of benzene rings is 4. The van der Waals surface area contributed by atoms with Crippen molar-refractivity contribution in [2.24, 2.45) is 5.73 Å². The van der Waals surface area contributed by atoms with Gasteiger partial charge in [0.25, 0.3) is 0 Å². The summed E-state index contributed by atoms with van der Waals surface area (Å²) in [7, 11) is 0. The Balaban J connectivity index is 0.00000169. The standard InChI is InChI=1S/C22H23N.ClH/c1-2-3-4-8-20(23)18-13-11-17-10-9-15-6-5-7-16-12-14-19(18)22(17)21(15)16;/h5-7,9-14,20H,2-4,8,23H2,1H3;1H/t20-;/m0./s1. The average molecular weight is 338 g/mol. The lowest BCUT2D eigenvalue weighted by Gasteiger charge is -2.18. The van der Waals surface area contributed by atoms with Crippen LogP contribution in [0.25, 0.3) is 32.3 Å². The van der Waals surface area contributed by atoms with E-state index in [1.165, 1.54) is 57.1 Å². The van der Waals surface area contributed by atoms with Crippen molar-refractivity contribution in [1.82, 2.24) is 0 Å². The van der Waals surface area contributed by atoms with Crippen molar-refractivity contribution in [3.05, 3.63) is 60.2 Å². The predicted molar refractivity (Wildman–Crippen MR) is 108 cm³/mol. The molecule has 2 heteroatoms.